The molecule has 0 saturated heterocycles. The van der Waals surface area contributed by atoms with E-state index in [1.54, 1.807) is 6.07 Å². The number of hydrogen-bond acceptors (Lipinski definition) is 5. The minimum atomic E-state index is -0.955. The number of nitrogens with two attached hydrogens (primary N) is 1. The van der Waals surface area contributed by atoms with E-state index in [1.165, 1.54) is 19.2 Å². The van der Waals surface area contributed by atoms with Crippen molar-refractivity contribution in [1.82, 2.24) is 0 Å². The first-order valence-electron chi connectivity index (χ1n) is 5.73. The molecule has 7 heteroatoms. The lowest BCUT2D eigenvalue weighted by molar-refractivity contribution is -0.385. The number of nitro benzene ring substituents is 1. The summed E-state index contributed by atoms with van der Waals surface area (Å²) in [4.78, 5) is 21.3. The SMILES string of the molecule is COc1ccc(CC(CCN)C(=O)O)cc1[N+](=O)[O-]. The molecule has 0 aliphatic carbocycles. The average Bonchev–Trinajstić information content (AvgIpc) is 2.37. The molecule has 19 heavy (non-hydrogen) atoms. The summed E-state index contributed by atoms with van der Waals surface area (Å²) in [7, 11) is 1.34. The zero-order valence-corrected chi connectivity index (χ0v) is 10.5. The Balaban J connectivity index is 2.98. The third-order valence-corrected chi connectivity index (χ3v) is 2.79. The van der Waals surface area contributed by atoms with Crippen LogP contribution in [0, 0.1) is 16.0 Å². The van der Waals surface area contributed by atoms with Crippen LogP contribution in [0.15, 0.2) is 18.2 Å². The molecule has 0 radical (unpaired) electrons. The molecular weight excluding hydrogens is 252 g/mol. The number of benzene rings is 1. The van der Waals surface area contributed by atoms with Gasteiger partial charge in [0.1, 0.15) is 0 Å². The molecule has 0 aliphatic rings. The highest BCUT2D eigenvalue weighted by molar-refractivity contribution is 5.70. The van der Waals surface area contributed by atoms with Crippen LogP contribution in [0.4, 0.5) is 5.69 Å². The van der Waals surface area contributed by atoms with Crippen molar-refractivity contribution in [2.24, 2.45) is 11.7 Å². The quantitative estimate of drug-likeness (QED) is 0.567. The third kappa shape index (κ3) is 3.92. The molecule has 0 aromatic heterocycles. The van der Waals surface area contributed by atoms with Crippen molar-refractivity contribution in [2.75, 3.05) is 13.7 Å². The summed E-state index contributed by atoms with van der Waals surface area (Å²) >= 11 is 0. The molecule has 0 saturated carbocycles. The van der Waals surface area contributed by atoms with E-state index in [9.17, 15) is 14.9 Å². The van der Waals surface area contributed by atoms with Gasteiger partial charge in [-0.2, -0.15) is 0 Å². The predicted molar refractivity (Wildman–Crippen MR) is 68.1 cm³/mol. The maximum absolute atomic E-state index is 11.0. The second-order valence-electron chi connectivity index (χ2n) is 4.08. The Morgan fingerprint density at radius 1 is 1.58 bits per heavy atom. The van der Waals surface area contributed by atoms with Crippen molar-refractivity contribution >= 4 is 11.7 Å². The minimum Gasteiger partial charge on any atom is -0.490 e. The summed E-state index contributed by atoms with van der Waals surface area (Å²) in [6.45, 7) is 0.259. The Bertz CT molecular complexity index is 475. The van der Waals surface area contributed by atoms with Crippen LogP contribution in [0.5, 0.6) is 5.75 Å². The topological polar surface area (TPSA) is 116 Å². The van der Waals surface area contributed by atoms with Crippen molar-refractivity contribution in [3.8, 4) is 5.75 Å². The summed E-state index contributed by atoms with van der Waals surface area (Å²) < 4.78 is 4.88. The Morgan fingerprint density at radius 2 is 2.26 bits per heavy atom. The Kier molecular flexibility index (Phi) is 5.25. The monoisotopic (exact) mass is 268 g/mol. The molecule has 1 atom stereocenters. The van der Waals surface area contributed by atoms with Gasteiger partial charge in [0.05, 0.1) is 18.0 Å². The van der Waals surface area contributed by atoms with Crippen LogP contribution in [0.2, 0.25) is 0 Å². The van der Waals surface area contributed by atoms with Gasteiger partial charge in [0.15, 0.2) is 5.75 Å². The fourth-order valence-corrected chi connectivity index (χ4v) is 1.80. The second-order valence-corrected chi connectivity index (χ2v) is 4.08. The highest BCUT2D eigenvalue weighted by Crippen LogP contribution is 2.28. The van der Waals surface area contributed by atoms with E-state index >= 15 is 0 Å². The average molecular weight is 268 g/mol. The van der Waals surface area contributed by atoms with Crippen LogP contribution in [-0.4, -0.2) is 29.7 Å². The Morgan fingerprint density at radius 3 is 2.74 bits per heavy atom. The van der Waals surface area contributed by atoms with Crippen LogP contribution in [0.1, 0.15) is 12.0 Å². The number of carboxylic acids is 1. The lowest BCUT2D eigenvalue weighted by Gasteiger charge is -2.11. The predicted octanol–water partition coefficient (Wildman–Crippen LogP) is 1.20. The zero-order valence-electron chi connectivity index (χ0n) is 10.5. The minimum absolute atomic E-state index is 0.152. The summed E-state index contributed by atoms with van der Waals surface area (Å²) in [5.74, 6) is -1.44. The van der Waals surface area contributed by atoms with Gasteiger partial charge in [-0.3, -0.25) is 14.9 Å². The van der Waals surface area contributed by atoms with Crippen LogP contribution in [0.25, 0.3) is 0 Å². The number of nitrogens with zero attached hydrogens (tertiary/aromatic N) is 1. The van der Waals surface area contributed by atoms with Gasteiger partial charge in [0.2, 0.25) is 0 Å². The summed E-state index contributed by atoms with van der Waals surface area (Å²) in [5.41, 5.74) is 5.76. The standard InChI is InChI=1S/C12H16N2O5/c1-19-11-3-2-8(7-10(11)14(17)18)6-9(4-5-13)12(15)16/h2-3,7,9H,4-6,13H2,1H3,(H,15,16). The number of aliphatic carboxylic acids is 1. The lowest BCUT2D eigenvalue weighted by atomic mass is 9.96. The molecular formula is C12H16N2O5. The van der Waals surface area contributed by atoms with Gasteiger partial charge in [-0.15, -0.1) is 0 Å². The number of carboxylic acid groups (broad SMARTS) is 1. The van der Waals surface area contributed by atoms with E-state index in [0.29, 0.717) is 12.0 Å². The van der Waals surface area contributed by atoms with Crippen LogP contribution in [-0.2, 0) is 11.2 Å². The molecule has 0 aliphatic heterocycles. The van der Waals surface area contributed by atoms with E-state index < -0.39 is 16.8 Å². The summed E-state index contributed by atoms with van der Waals surface area (Å²) in [6, 6.07) is 4.43. The summed E-state index contributed by atoms with van der Waals surface area (Å²) in [5, 5.41) is 19.9. The molecule has 1 rings (SSSR count). The molecule has 3 N–H and O–H groups in total. The largest absolute Gasteiger partial charge is 0.490 e. The number of hydrogen-bond donors (Lipinski definition) is 2. The smallest absolute Gasteiger partial charge is 0.311 e. The van der Waals surface area contributed by atoms with Gasteiger partial charge >= 0.3 is 11.7 Å². The highest BCUT2D eigenvalue weighted by Gasteiger charge is 2.20. The van der Waals surface area contributed by atoms with Gasteiger partial charge in [0.25, 0.3) is 0 Å². The van der Waals surface area contributed by atoms with Gasteiger partial charge < -0.3 is 15.6 Å². The number of ether oxygens (including phenoxy) is 1. The first kappa shape index (κ1) is 14.9. The second kappa shape index (κ2) is 6.69. The van der Waals surface area contributed by atoms with Crippen molar-refractivity contribution in [3.05, 3.63) is 33.9 Å². The lowest BCUT2D eigenvalue weighted by Crippen LogP contribution is -2.20. The first-order valence-corrected chi connectivity index (χ1v) is 5.73. The zero-order chi connectivity index (χ0) is 14.4. The van der Waals surface area contributed by atoms with E-state index in [0.717, 1.165) is 0 Å². The first-order chi connectivity index (χ1) is 8.99. The highest BCUT2D eigenvalue weighted by atomic mass is 16.6. The molecule has 0 bridgehead atoms. The molecule has 0 fully saturated rings. The van der Waals surface area contributed by atoms with E-state index in [-0.39, 0.29) is 24.4 Å². The van der Waals surface area contributed by atoms with Crippen LogP contribution >= 0.6 is 0 Å². The Labute approximate surface area is 110 Å². The van der Waals surface area contributed by atoms with Crippen LogP contribution in [0.3, 0.4) is 0 Å². The molecule has 1 aromatic carbocycles. The molecule has 0 amide bonds. The molecule has 0 heterocycles. The van der Waals surface area contributed by atoms with Gasteiger partial charge in [0, 0.05) is 6.07 Å². The molecule has 1 unspecified atom stereocenters. The number of rotatable bonds is 7. The molecule has 7 nitrogen and oxygen atoms in total. The van der Waals surface area contributed by atoms with Crippen molar-refractivity contribution in [2.45, 2.75) is 12.8 Å². The Hall–Kier alpha value is -2.15. The normalized spacial score (nSPS) is 11.9. The third-order valence-electron chi connectivity index (χ3n) is 2.79. The maximum Gasteiger partial charge on any atom is 0.311 e. The maximum atomic E-state index is 11.0. The fourth-order valence-electron chi connectivity index (χ4n) is 1.80. The molecule has 104 valence electrons. The van der Waals surface area contributed by atoms with E-state index in [4.69, 9.17) is 15.6 Å². The number of methoxy groups -OCH3 is 1. The van der Waals surface area contributed by atoms with Crippen LogP contribution < -0.4 is 10.5 Å². The summed E-state index contributed by atoms with van der Waals surface area (Å²) in [6.07, 6.45) is 0.534. The molecule has 1 aromatic rings. The van der Waals surface area contributed by atoms with E-state index in [1.807, 2.05) is 0 Å². The number of carbonyl (C=O) groups is 1. The fraction of sp³-hybridized carbons (Fsp3) is 0.417. The number of nitro groups is 1. The van der Waals surface area contributed by atoms with E-state index in [2.05, 4.69) is 0 Å². The van der Waals surface area contributed by atoms with Crippen molar-refractivity contribution in [3.63, 3.8) is 0 Å². The van der Waals surface area contributed by atoms with Gasteiger partial charge in [-0.25, -0.2) is 0 Å². The van der Waals surface area contributed by atoms with Crippen molar-refractivity contribution < 1.29 is 19.6 Å². The van der Waals surface area contributed by atoms with Gasteiger partial charge in [-0.05, 0) is 31.0 Å². The molecule has 0 spiro atoms. The van der Waals surface area contributed by atoms with Gasteiger partial charge in [-0.1, -0.05) is 6.07 Å². The van der Waals surface area contributed by atoms with Crippen molar-refractivity contribution in [1.29, 1.82) is 0 Å².